The number of rotatable bonds is 7. The largest absolute Gasteiger partial charge is 0.493 e. The van der Waals surface area contributed by atoms with Crippen LogP contribution in [0.4, 0.5) is 0 Å². The highest BCUT2D eigenvalue weighted by Crippen LogP contribution is 2.40. The number of benzene rings is 2. The first-order valence-corrected chi connectivity index (χ1v) is 8.96. The highest BCUT2D eigenvalue weighted by Gasteiger charge is 2.18. The van der Waals surface area contributed by atoms with E-state index in [1.54, 1.807) is 12.1 Å². The summed E-state index contributed by atoms with van der Waals surface area (Å²) in [5.41, 5.74) is 0.762. The minimum absolute atomic E-state index is 0.107. The summed E-state index contributed by atoms with van der Waals surface area (Å²) in [5, 5.41) is 8.51. The Hall–Kier alpha value is -2.97. The number of aromatic nitrogens is 2. The molecule has 29 heavy (non-hydrogen) atoms. The van der Waals surface area contributed by atoms with Gasteiger partial charge in [-0.05, 0) is 30.3 Å². The Morgan fingerprint density at radius 2 is 1.55 bits per heavy atom. The minimum atomic E-state index is -0.623. The van der Waals surface area contributed by atoms with E-state index >= 15 is 0 Å². The van der Waals surface area contributed by atoms with Crippen molar-refractivity contribution in [1.29, 1.82) is 0 Å². The Morgan fingerprint density at radius 3 is 2.10 bits per heavy atom. The molecule has 1 heterocycles. The first-order chi connectivity index (χ1) is 13.9. The Labute approximate surface area is 176 Å². The molecule has 3 rings (SSSR count). The molecule has 152 valence electrons. The van der Waals surface area contributed by atoms with Gasteiger partial charge in [-0.3, -0.25) is 0 Å². The zero-order chi connectivity index (χ0) is 21.0. The molecule has 0 saturated heterocycles. The van der Waals surface area contributed by atoms with Crippen molar-refractivity contribution in [2.45, 2.75) is 6.61 Å². The molecule has 0 saturated carbocycles. The van der Waals surface area contributed by atoms with Crippen molar-refractivity contribution in [2.75, 3.05) is 21.3 Å². The van der Waals surface area contributed by atoms with Gasteiger partial charge in [-0.15, -0.1) is 10.2 Å². The molecule has 0 N–H and O–H groups in total. The van der Waals surface area contributed by atoms with Gasteiger partial charge in [-0.25, -0.2) is 4.79 Å². The summed E-state index contributed by atoms with van der Waals surface area (Å²) >= 11 is 11.8. The monoisotopic (exact) mass is 438 g/mol. The van der Waals surface area contributed by atoms with Crippen molar-refractivity contribution in [3.05, 3.63) is 51.8 Å². The first-order valence-electron chi connectivity index (χ1n) is 8.21. The normalized spacial score (nSPS) is 10.5. The van der Waals surface area contributed by atoms with Crippen molar-refractivity contribution < 1.29 is 28.2 Å². The van der Waals surface area contributed by atoms with E-state index in [1.165, 1.54) is 39.5 Å². The van der Waals surface area contributed by atoms with E-state index in [0.29, 0.717) is 32.9 Å². The molecule has 0 atom stereocenters. The fourth-order valence-corrected chi connectivity index (χ4v) is 3.04. The smallest absolute Gasteiger partial charge is 0.338 e. The lowest BCUT2D eigenvalue weighted by atomic mass is 10.2. The zero-order valence-electron chi connectivity index (χ0n) is 15.7. The number of carbonyl (C=O) groups excluding carboxylic acids is 1. The molecule has 10 heteroatoms. The predicted molar refractivity (Wildman–Crippen MR) is 105 cm³/mol. The van der Waals surface area contributed by atoms with E-state index in [1.807, 2.05) is 0 Å². The average molecular weight is 439 g/mol. The van der Waals surface area contributed by atoms with E-state index in [2.05, 4.69) is 10.2 Å². The third-order valence-corrected chi connectivity index (χ3v) is 4.24. The van der Waals surface area contributed by atoms with E-state index in [9.17, 15) is 4.79 Å². The summed E-state index contributed by atoms with van der Waals surface area (Å²) in [7, 11) is 4.51. The maximum atomic E-state index is 12.2. The molecular weight excluding hydrogens is 423 g/mol. The molecule has 0 fully saturated rings. The minimum Gasteiger partial charge on any atom is -0.493 e. The number of hydrogen-bond donors (Lipinski definition) is 0. The molecule has 0 aliphatic rings. The number of ether oxygens (including phenoxy) is 4. The van der Waals surface area contributed by atoms with E-state index in [-0.39, 0.29) is 24.0 Å². The molecule has 0 spiro atoms. The summed E-state index contributed by atoms with van der Waals surface area (Å²) in [6.45, 7) is -0.222. The van der Waals surface area contributed by atoms with Crippen molar-refractivity contribution in [3.8, 4) is 28.7 Å². The molecule has 8 nitrogen and oxygen atoms in total. The van der Waals surface area contributed by atoms with E-state index in [0.717, 1.165) is 0 Å². The fourth-order valence-electron chi connectivity index (χ4n) is 2.52. The number of carbonyl (C=O) groups is 1. The summed E-state index contributed by atoms with van der Waals surface area (Å²) in [4.78, 5) is 12.2. The van der Waals surface area contributed by atoms with Gasteiger partial charge in [0.25, 0.3) is 5.89 Å². The lowest BCUT2D eigenvalue weighted by Gasteiger charge is -2.12. The third-order valence-electron chi connectivity index (χ3n) is 3.80. The Balaban J connectivity index is 1.76. The van der Waals surface area contributed by atoms with Crippen LogP contribution in [0.3, 0.4) is 0 Å². The quantitative estimate of drug-likeness (QED) is 0.500. The highest BCUT2D eigenvalue weighted by molar-refractivity contribution is 6.35. The van der Waals surface area contributed by atoms with Crippen LogP contribution in [0.15, 0.2) is 34.7 Å². The first kappa shape index (κ1) is 20.8. The van der Waals surface area contributed by atoms with Gasteiger partial charge in [0.05, 0.1) is 26.9 Å². The second kappa shape index (κ2) is 9.02. The van der Waals surface area contributed by atoms with Crippen LogP contribution < -0.4 is 14.2 Å². The van der Waals surface area contributed by atoms with Crippen molar-refractivity contribution in [1.82, 2.24) is 10.2 Å². The van der Waals surface area contributed by atoms with Crippen LogP contribution >= 0.6 is 23.2 Å². The molecule has 0 amide bonds. The van der Waals surface area contributed by atoms with Crippen LogP contribution in [0.1, 0.15) is 16.2 Å². The Bertz CT molecular complexity index is 992. The number of esters is 1. The second-order valence-corrected chi connectivity index (χ2v) is 6.52. The maximum Gasteiger partial charge on any atom is 0.338 e. The van der Waals surface area contributed by atoms with E-state index < -0.39 is 5.97 Å². The van der Waals surface area contributed by atoms with Crippen LogP contribution in [0.5, 0.6) is 17.2 Å². The van der Waals surface area contributed by atoms with Gasteiger partial charge in [0, 0.05) is 15.6 Å². The van der Waals surface area contributed by atoms with Gasteiger partial charge in [-0.2, -0.15) is 0 Å². The molecule has 3 aromatic rings. The SMILES string of the molecule is COc1cc(-c2nnc(COC(=O)c3cc(Cl)cc(Cl)c3)o2)cc(OC)c1OC. The van der Waals surface area contributed by atoms with Crippen LogP contribution in [0.25, 0.3) is 11.5 Å². The van der Waals surface area contributed by atoms with Crippen molar-refractivity contribution in [2.24, 2.45) is 0 Å². The van der Waals surface area contributed by atoms with Gasteiger partial charge < -0.3 is 23.4 Å². The van der Waals surface area contributed by atoms with Crippen molar-refractivity contribution >= 4 is 29.2 Å². The molecule has 0 bridgehead atoms. The molecule has 1 aromatic heterocycles. The lowest BCUT2D eigenvalue weighted by molar-refractivity contribution is 0.0438. The summed E-state index contributed by atoms with van der Waals surface area (Å²) in [6.07, 6.45) is 0. The van der Waals surface area contributed by atoms with Gasteiger partial charge in [0.15, 0.2) is 18.1 Å². The molecule has 0 radical (unpaired) electrons. The number of nitrogens with zero attached hydrogens (tertiary/aromatic N) is 2. The highest BCUT2D eigenvalue weighted by atomic mass is 35.5. The lowest BCUT2D eigenvalue weighted by Crippen LogP contribution is -2.05. The fraction of sp³-hybridized carbons (Fsp3) is 0.211. The standard InChI is InChI=1S/C19H16Cl2N2O6/c1-25-14-6-10(7-15(26-2)17(14)27-3)18-23-22-16(29-18)9-28-19(24)11-4-12(20)8-13(21)5-11/h4-8H,9H2,1-3H3. The molecule has 2 aromatic carbocycles. The number of halogens is 2. The van der Waals surface area contributed by atoms with E-state index in [4.69, 9.17) is 46.6 Å². The van der Waals surface area contributed by atoms with Crippen LogP contribution in [0, 0.1) is 0 Å². The molecule has 0 unspecified atom stereocenters. The number of hydrogen-bond acceptors (Lipinski definition) is 8. The second-order valence-electron chi connectivity index (χ2n) is 5.65. The topological polar surface area (TPSA) is 92.9 Å². The van der Waals surface area contributed by atoms with Crippen LogP contribution in [0.2, 0.25) is 10.0 Å². The third kappa shape index (κ3) is 4.72. The number of methoxy groups -OCH3 is 3. The summed E-state index contributed by atoms with van der Waals surface area (Å²) < 4.78 is 26.7. The van der Waals surface area contributed by atoms with Gasteiger partial charge in [0.2, 0.25) is 11.6 Å². The van der Waals surface area contributed by atoms with Gasteiger partial charge >= 0.3 is 5.97 Å². The molecule has 0 aliphatic heterocycles. The molecule has 0 aliphatic carbocycles. The van der Waals surface area contributed by atoms with Crippen LogP contribution in [-0.4, -0.2) is 37.5 Å². The van der Waals surface area contributed by atoms with Crippen LogP contribution in [-0.2, 0) is 11.3 Å². The summed E-state index contributed by atoms with van der Waals surface area (Å²) in [6, 6.07) is 7.74. The Morgan fingerprint density at radius 1 is 0.931 bits per heavy atom. The van der Waals surface area contributed by atoms with Gasteiger partial charge in [0.1, 0.15) is 0 Å². The van der Waals surface area contributed by atoms with Crippen molar-refractivity contribution in [3.63, 3.8) is 0 Å². The predicted octanol–water partition coefficient (Wildman–Crippen LogP) is 4.43. The van der Waals surface area contributed by atoms with Gasteiger partial charge in [-0.1, -0.05) is 23.2 Å². The summed E-state index contributed by atoms with van der Waals surface area (Å²) in [5.74, 6) is 0.989. The average Bonchev–Trinajstić information content (AvgIpc) is 3.19. The zero-order valence-corrected chi connectivity index (χ0v) is 17.2. The Kier molecular flexibility index (Phi) is 6.46. The maximum absolute atomic E-state index is 12.2. The molecular formula is C19H16Cl2N2O6.